The van der Waals surface area contributed by atoms with Gasteiger partial charge in [0.2, 0.25) is 5.91 Å². The second-order valence-corrected chi connectivity index (χ2v) is 6.64. The molecule has 7 heteroatoms. The smallest absolute Gasteiger partial charge is 0.224 e. The number of halogens is 2. The SMILES string of the molecule is CN=C(NCCC(=O)N1CCCC(C)C1)NCCc1cccc(F)c1.I. The number of benzene rings is 1. The van der Waals surface area contributed by atoms with Crippen LogP contribution in [-0.4, -0.2) is 50.0 Å². The van der Waals surface area contributed by atoms with Crippen LogP contribution in [0.2, 0.25) is 0 Å². The molecule has 1 heterocycles. The van der Waals surface area contributed by atoms with Crippen LogP contribution in [0.1, 0.15) is 31.7 Å². The van der Waals surface area contributed by atoms with Crippen LogP contribution in [0.15, 0.2) is 29.3 Å². The van der Waals surface area contributed by atoms with Gasteiger partial charge in [-0.1, -0.05) is 19.1 Å². The van der Waals surface area contributed by atoms with Crippen LogP contribution in [0.4, 0.5) is 4.39 Å². The zero-order chi connectivity index (χ0) is 18.1. The molecule has 2 rings (SSSR count). The molecular formula is C19H30FIN4O. The molecule has 0 aromatic heterocycles. The van der Waals surface area contributed by atoms with Crippen molar-refractivity contribution in [2.45, 2.75) is 32.6 Å². The topological polar surface area (TPSA) is 56.7 Å². The van der Waals surface area contributed by atoms with E-state index in [1.807, 2.05) is 11.0 Å². The van der Waals surface area contributed by atoms with Crippen LogP contribution in [0.25, 0.3) is 0 Å². The van der Waals surface area contributed by atoms with Crippen molar-refractivity contribution in [3.63, 3.8) is 0 Å². The van der Waals surface area contributed by atoms with Gasteiger partial charge < -0.3 is 15.5 Å². The summed E-state index contributed by atoms with van der Waals surface area (Å²) in [5.74, 6) is 1.25. The lowest BCUT2D eigenvalue weighted by molar-refractivity contribution is -0.132. The van der Waals surface area contributed by atoms with Gasteiger partial charge in [0.15, 0.2) is 5.96 Å². The lowest BCUT2D eigenvalue weighted by atomic mass is 10.00. The van der Waals surface area contributed by atoms with Gasteiger partial charge in [-0.15, -0.1) is 24.0 Å². The molecule has 0 spiro atoms. The summed E-state index contributed by atoms with van der Waals surface area (Å²) in [6, 6.07) is 6.59. The third-order valence-corrected chi connectivity index (χ3v) is 4.46. The number of piperidine rings is 1. The first-order chi connectivity index (χ1) is 12.1. The fourth-order valence-corrected chi connectivity index (χ4v) is 3.10. The molecule has 1 aliphatic rings. The Morgan fingerprint density at radius 3 is 2.81 bits per heavy atom. The second-order valence-electron chi connectivity index (χ2n) is 6.64. The van der Waals surface area contributed by atoms with E-state index >= 15 is 0 Å². The first-order valence-corrected chi connectivity index (χ1v) is 9.05. The Kier molecular flexibility index (Phi) is 10.5. The molecule has 5 nitrogen and oxygen atoms in total. The lowest BCUT2D eigenvalue weighted by Crippen LogP contribution is -2.42. The molecule has 1 unspecified atom stereocenters. The quantitative estimate of drug-likeness (QED) is 0.377. The lowest BCUT2D eigenvalue weighted by Gasteiger charge is -2.31. The molecule has 1 saturated heterocycles. The molecule has 26 heavy (non-hydrogen) atoms. The maximum Gasteiger partial charge on any atom is 0.224 e. The number of carbonyl (C=O) groups excluding carboxylic acids is 1. The minimum absolute atomic E-state index is 0. The van der Waals surface area contributed by atoms with E-state index in [-0.39, 0.29) is 35.7 Å². The minimum atomic E-state index is -0.217. The van der Waals surface area contributed by atoms with Gasteiger partial charge in [0.1, 0.15) is 5.82 Å². The molecule has 0 saturated carbocycles. The van der Waals surface area contributed by atoms with Gasteiger partial charge in [0.05, 0.1) is 0 Å². The maximum absolute atomic E-state index is 13.1. The Morgan fingerprint density at radius 1 is 1.35 bits per heavy atom. The van der Waals surface area contributed by atoms with Crippen LogP contribution < -0.4 is 10.6 Å². The summed E-state index contributed by atoms with van der Waals surface area (Å²) < 4.78 is 13.1. The molecule has 1 atom stereocenters. The molecule has 1 amide bonds. The van der Waals surface area contributed by atoms with Gasteiger partial charge in [0.25, 0.3) is 0 Å². The van der Waals surface area contributed by atoms with Crippen molar-refractivity contribution in [3.8, 4) is 0 Å². The van der Waals surface area contributed by atoms with Crippen LogP contribution in [0.3, 0.4) is 0 Å². The number of likely N-dealkylation sites (tertiary alicyclic amines) is 1. The van der Waals surface area contributed by atoms with Gasteiger partial charge in [0, 0.05) is 39.6 Å². The maximum atomic E-state index is 13.1. The predicted octanol–water partition coefficient (Wildman–Crippen LogP) is 2.80. The van der Waals surface area contributed by atoms with E-state index < -0.39 is 0 Å². The highest BCUT2D eigenvalue weighted by atomic mass is 127. The van der Waals surface area contributed by atoms with Crippen LogP contribution in [0, 0.1) is 11.7 Å². The molecule has 1 fully saturated rings. The van der Waals surface area contributed by atoms with Crippen molar-refractivity contribution < 1.29 is 9.18 Å². The highest BCUT2D eigenvalue weighted by molar-refractivity contribution is 14.0. The summed E-state index contributed by atoms with van der Waals surface area (Å²) in [4.78, 5) is 18.4. The van der Waals surface area contributed by atoms with Crippen molar-refractivity contribution in [3.05, 3.63) is 35.6 Å². The highest BCUT2D eigenvalue weighted by Crippen LogP contribution is 2.15. The second kappa shape index (κ2) is 12.1. The molecule has 0 bridgehead atoms. The van der Waals surface area contributed by atoms with Gasteiger partial charge in [-0.05, 0) is 42.9 Å². The fourth-order valence-electron chi connectivity index (χ4n) is 3.10. The summed E-state index contributed by atoms with van der Waals surface area (Å²) in [6.45, 7) is 5.16. The summed E-state index contributed by atoms with van der Waals surface area (Å²) in [5.41, 5.74) is 0.942. The van der Waals surface area contributed by atoms with Gasteiger partial charge in [-0.2, -0.15) is 0 Å². The Morgan fingerprint density at radius 2 is 2.12 bits per heavy atom. The molecule has 0 aliphatic carbocycles. The summed E-state index contributed by atoms with van der Waals surface area (Å²) in [6.07, 6.45) is 3.49. The van der Waals surface area contributed by atoms with Crippen molar-refractivity contribution in [2.24, 2.45) is 10.9 Å². The van der Waals surface area contributed by atoms with Crippen LogP contribution >= 0.6 is 24.0 Å². The van der Waals surface area contributed by atoms with Crippen LogP contribution in [0.5, 0.6) is 0 Å². The number of carbonyl (C=O) groups is 1. The number of nitrogens with one attached hydrogen (secondary N) is 2. The minimum Gasteiger partial charge on any atom is -0.356 e. The van der Waals surface area contributed by atoms with E-state index in [1.54, 1.807) is 13.1 Å². The first-order valence-electron chi connectivity index (χ1n) is 9.05. The number of guanidine groups is 1. The summed E-state index contributed by atoms with van der Waals surface area (Å²) >= 11 is 0. The fraction of sp³-hybridized carbons (Fsp3) is 0.579. The summed E-state index contributed by atoms with van der Waals surface area (Å²) in [7, 11) is 1.70. The molecule has 146 valence electrons. The zero-order valence-corrected chi connectivity index (χ0v) is 18.0. The number of nitrogens with zero attached hydrogens (tertiary/aromatic N) is 2. The first kappa shape index (κ1) is 22.7. The number of hydrogen-bond donors (Lipinski definition) is 2. The number of amides is 1. The molecule has 0 radical (unpaired) electrons. The Labute approximate surface area is 172 Å². The average molecular weight is 476 g/mol. The highest BCUT2D eigenvalue weighted by Gasteiger charge is 2.20. The number of aliphatic imine (C=N–C) groups is 1. The zero-order valence-electron chi connectivity index (χ0n) is 15.6. The van der Waals surface area contributed by atoms with Gasteiger partial charge in [-0.3, -0.25) is 9.79 Å². The molecule has 2 N–H and O–H groups in total. The van der Waals surface area contributed by atoms with E-state index in [2.05, 4.69) is 22.5 Å². The Hall–Kier alpha value is -1.38. The normalized spacial score (nSPS) is 17.4. The van der Waals surface area contributed by atoms with E-state index in [1.165, 1.54) is 18.6 Å². The van der Waals surface area contributed by atoms with E-state index in [4.69, 9.17) is 0 Å². The largest absolute Gasteiger partial charge is 0.356 e. The standard InChI is InChI=1S/C19H29FN4O.HI/c1-15-5-4-12-24(14-15)18(25)9-11-23-19(21-2)22-10-8-16-6-3-7-17(20)13-16;/h3,6-7,13,15H,4-5,8-12,14H2,1-2H3,(H2,21,22,23);1H. The van der Waals surface area contributed by atoms with Crippen LogP contribution in [-0.2, 0) is 11.2 Å². The third kappa shape index (κ3) is 7.88. The third-order valence-electron chi connectivity index (χ3n) is 4.46. The van der Waals surface area contributed by atoms with Gasteiger partial charge in [-0.25, -0.2) is 4.39 Å². The van der Waals surface area contributed by atoms with E-state index in [9.17, 15) is 9.18 Å². The molecule has 1 aromatic rings. The Bertz CT molecular complexity index is 597. The molecule has 1 aliphatic heterocycles. The molecule has 1 aromatic carbocycles. The number of rotatable bonds is 6. The number of hydrogen-bond acceptors (Lipinski definition) is 2. The van der Waals surface area contributed by atoms with Crippen molar-refractivity contribution in [2.75, 3.05) is 33.2 Å². The van der Waals surface area contributed by atoms with Gasteiger partial charge >= 0.3 is 0 Å². The van der Waals surface area contributed by atoms with Crippen molar-refractivity contribution >= 4 is 35.8 Å². The Balaban J connectivity index is 0.00000338. The summed E-state index contributed by atoms with van der Waals surface area (Å²) in [5, 5.41) is 6.35. The van der Waals surface area contributed by atoms with E-state index in [0.717, 1.165) is 25.1 Å². The van der Waals surface area contributed by atoms with Crippen molar-refractivity contribution in [1.29, 1.82) is 0 Å². The average Bonchev–Trinajstić information content (AvgIpc) is 2.60. The predicted molar refractivity (Wildman–Crippen MR) is 114 cm³/mol. The molecular weight excluding hydrogens is 446 g/mol. The van der Waals surface area contributed by atoms with Crippen molar-refractivity contribution in [1.82, 2.24) is 15.5 Å². The van der Waals surface area contributed by atoms with E-state index in [0.29, 0.717) is 37.8 Å². The monoisotopic (exact) mass is 476 g/mol.